The van der Waals surface area contributed by atoms with Gasteiger partial charge in [0.1, 0.15) is 0 Å². The number of nitrogens with one attached hydrogen (secondary N) is 2. The molecular formula is C17H18Cl2N2O4. The summed E-state index contributed by atoms with van der Waals surface area (Å²) in [6.45, 7) is 0.256. The average Bonchev–Trinajstić information content (AvgIpc) is 2.60. The van der Waals surface area contributed by atoms with Crippen LogP contribution in [-0.4, -0.2) is 27.4 Å². The van der Waals surface area contributed by atoms with E-state index in [9.17, 15) is 4.79 Å². The van der Waals surface area contributed by atoms with Crippen LogP contribution in [0.2, 0.25) is 10.0 Å². The maximum atomic E-state index is 12.1. The van der Waals surface area contributed by atoms with Crippen molar-refractivity contribution in [3.63, 3.8) is 0 Å². The van der Waals surface area contributed by atoms with Crippen molar-refractivity contribution in [2.24, 2.45) is 0 Å². The van der Waals surface area contributed by atoms with E-state index in [1.165, 1.54) is 21.3 Å². The summed E-state index contributed by atoms with van der Waals surface area (Å²) in [7, 11) is 4.52. The number of ether oxygens (including phenoxy) is 3. The summed E-state index contributed by atoms with van der Waals surface area (Å²) in [5.74, 6) is 1.33. The third-order valence-electron chi connectivity index (χ3n) is 3.38. The van der Waals surface area contributed by atoms with Crippen LogP contribution in [0.25, 0.3) is 0 Å². The van der Waals surface area contributed by atoms with Gasteiger partial charge in [0.25, 0.3) is 0 Å². The lowest BCUT2D eigenvalue weighted by Gasteiger charge is -2.15. The van der Waals surface area contributed by atoms with Crippen LogP contribution in [0.1, 0.15) is 5.56 Å². The van der Waals surface area contributed by atoms with Gasteiger partial charge in [-0.25, -0.2) is 4.79 Å². The summed E-state index contributed by atoms with van der Waals surface area (Å²) in [5.41, 5.74) is 1.25. The van der Waals surface area contributed by atoms with Gasteiger partial charge in [-0.15, -0.1) is 0 Å². The molecule has 134 valence electrons. The van der Waals surface area contributed by atoms with Crippen LogP contribution in [0.5, 0.6) is 17.2 Å². The summed E-state index contributed by atoms with van der Waals surface area (Å²) in [6.07, 6.45) is 0. The van der Waals surface area contributed by atoms with Gasteiger partial charge in [0.05, 0.1) is 27.0 Å². The quantitative estimate of drug-likeness (QED) is 0.776. The molecule has 2 rings (SSSR count). The second-order valence-corrected chi connectivity index (χ2v) is 5.80. The molecule has 0 aliphatic heterocycles. The third kappa shape index (κ3) is 4.84. The molecule has 2 aromatic carbocycles. The summed E-state index contributed by atoms with van der Waals surface area (Å²) in [4.78, 5) is 12.1. The number of urea groups is 1. The first-order valence-corrected chi connectivity index (χ1v) is 8.02. The fraction of sp³-hybridized carbons (Fsp3) is 0.235. The SMILES string of the molecule is COc1cc(NC(=O)NCc2ccc(Cl)cc2Cl)cc(OC)c1OC. The Bertz CT molecular complexity index is 743. The molecule has 0 unspecified atom stereocenters. The zero-order valence-electron chi connectivity index (χ0n) is 14.0. The van der Waals surface area contributed by atoms with Crippen molar-refractivity contribution < 1.29 is 19.0 Å². The third-order valence-corrected chi connectivity index (χ3v) is 3.96. The van der Waals surface area contributed by atoms with E-state index in [2.05, 4.69) is 10.6 Å². The number of hydrogen-bond acceptors (Lipinski definition) is 4. The number of anilines is 1. The first kappa shape index (κ1) is 19.0. The number of carbonyl (C=O) groups excluding carboxylic acids is 1. The Balaban J connectivity index is 2.07. The topological polar surface area (TPSA) is 68.8 Å². The van der Waals surface area contributed by atoms with E-state index in [0.29, 0.717) is 33.0 Å². The highest BCUT2D eigenvalue weighted by atomic mass is 35.5. The average molecular weight is 385 g/mol. The molecule has 2 N–H and O–H groups in total. The van der Waals surface area contributed by atoms with Crippen molar-refractivity contribution in [1.82, 2.24) is 5.32 Å². The lowest BCUT2D eigenvalue weighted by molar-refractivity contribution is 0.251. The molecule has 25 heavy (non-hydrogen) atoms. The number of hydrogen-bond donors (Lipinski definition) is 2. The van der Waals surface area contributed by atoms with Gasteiger partial charge in [-0.1, -0.05) is 29.3 Å². The molecule has 2 amide bonds. The zero-order chi connectivity index (χ0) is 18.4. The van der Waals surface area contributed by atoms with Crippen LogP contribution in [0.3, 0.4) is 0 Å². The molecule has 0 fully saturated rings. The summed E-state index contributed by atoms with van der Waals surface area (Å²) in [5, 5.41) is 6.45. The summed E-state index contributed by atoms with van der Waals surface area (Å²) >= 11 is 11.9. The van der Waals surface area contributed by atoms with Crippen LogP contribution in [-0.2, 0) is 6.54 Å². The van der Waals surface area contributed by atoms with Crippen molar-refractivity contribution >= 4 is 34.9 Å². The zero-order valence-corrected chi connectivity index (χ0v) is 15.5. The first-order chi connectivity index (χ1) is 12.0. The molecule has 2 aromatic rings. The smallest absolute Gasteiger partial charge is 0.319 e. The van der Waals surface area contributed by atoms with Gasteiger partial charge in [0.15, 0.2) is 11.5 Å². The van der Waals surface area contributed by atoms with Crippen LogP contribution >= 0.6 is 23.2 Å². The van der Waals surface area contributed by atoms with E-state index in [1.54, 1.807) is 30.3 Å². The van der Waals surface area contributed by atoms with E-state index >= 15 is 0 Å². The fourth-order valence-corrected chi connectivity index (χ4v) is 2.64. The van der Waals surface area contributed by atoms with Gasteiger partial charge in [-0.3, -0.25) is 0 Å². The highest BCUT2D eigenvalue weighted by Gasteiger charge is 2.14. The highest BCUT2D eigenvalue weighted by Crippen LogP contribution is 2.39. The second-order valence-electron chi connectivity index (χ2n) is 4.96. The molecule has 6 nitrogen and oxygen atoms in total. The first-order valence-electron chi connectivity index (χ1n) is 7.27. The number of carbonyl (C=O) groups is 1. The molecule has 0 bridgehead atoms. The molecule has 0 saturated heterocycles. The number of methoxy groups -OCH3 is 3. The molecule has 0 heterocycles. The lowest BCUT2D eigenvalue weighted by atomic mass is 10.2. The van der Waals surface area contributed by atoms with Crippen molar-refractivity contribution in [3.8, 4) is 17.2 Å². The number of amides is 2. The van der Waals surface area contributed by atoms with Gasteiger partial charge in [0, 0.05) is 28.7 Å². The fourth-order valence-electron chi connectivity index (χ4n) is 2.17. The van der Waals surface area contributed by atoms with E-state index in [-0.39, 0.29) is 6.54 Å². The highest BCUT2D eigenvalue weighted by molar-refractivity contribution is 6.35. The molecule has 0 aliphatic carbocycles. The summed E-state index contributed by atoms with van der Waals surface area (Å²) in [6, 6.07) is 7.95. The minimum Gasteiger partial charge on any atom is -0.493 e. The van der Waals surface area contributed by atoms with Crippen LogP contribution in [0, 0.1) is 0 Å². The van der Waals surface area contributed by atoms with Gasteiger partial charge in [-0.2, -0.15) is 0 Å². The maximum Gasteiger partial charge on any atom is 0.319 e. The Morgan fingerprint density at radius 1 is 1.00 bits per heavy atom. The predicted octanol–water partition coefficient (Wildman–Crippen LogP) is 4.34. The Morgan fingerprint density at radius 3 is 2.16 bits per heavy atom. The Morgan fingerprint density at radius 2 is 1.64 bits per heavy atom. The second kappa shape index (κ2) is 8.69. The van der Waals surface area contributed by atoms with Crippen LogP contribution in [0.15, 0.2) is 30.3 Å². The van der Waals surface area contributed by atoms with Gasteiger partial charge in [-0.05, 0) is 17.7 Å². The lowest BCUT2D eigenvalue weighted by Crippen LogP contribution is -2.28. The Kier molecular flexibility index (Phi) is 6.61. The normalized spacial score (nSPS) is 10.1. The summed E-state index contributed by atoms with van der Waals surface area (Å²) < 4.78 is 15.7. The Hall–Kier alpha value is -2.31. The predicted molar refractivity (Wildman–Crippen MR) is 98.4 cm³/mol. The number of benzene rings is 2. The standard InChI is InChI=1S/C17H18Cl2N2O4/c1-23-14-7-12(8-15(24-2)16(14)25-3)21-17(22)20-9-10-4-5-11(18)6-13(10)19/h4-8H,9H2,1-3H3,(H2,20,21,22). The molecule has 0 spiro atoms. The minimum absolute atomic E-state index is 0.256. The maximum absolute atomic E-state index is 12.1. The minimum atomic E-state index is -0.403. The van der Waals surface area contributed by atoms with E-state index in [0.717, 1.165) is 5.56 Å². The molecule has 0 saturated carbocycles. The van der Waals surface area contributed by atoms with Gasteiger partial charge >= 0.3 is 6.03 Å². The van der Waals surface area contributed by atoms with Crippen LogP contribution in [0.4, 0.5) is 10.5 Å². The van der Waals surface area contributed by atoms with Gasteiger partial charge in [0.2, 0.25) is 5.75 Å². The monoisotopic (exact) mass is 384 g/mol. The van der Waals surface area contributed by atoms with Crippen molar-refractivity contribution in [3.05, 3.63) is 45.9 Å². The van der Waals surface area contributed by atoms with Crippen molar-refractivity contribution in [2.75, 3.05) is 26.6 Å². The Labute approximate surface area is 156 Å². The van der Waals surface area contributed by atoms with Crippen LogP contribution < -0.4 is 24.8 Å². The van der Waals surface area contributed by atoms with E-state index in [1.807, 2.05) is 0 Å². The van der Waals surface area contributed by atoms with Gasteiger partial charge < -0.3 is 24.8 Å². The largest absolute Gasteiger partial charge is 0.493 e. The van der Waals surface area contributed by atoms with Crippen molar-refractivity contribution in [2.45, 2.75) is 6.54 Å². The molecule has 0 aromatic heterocycles. The molecule has 0 aliphatic rings. The van der Waals surface area contributed by atoms with Crippen molar-refractivity contribution in [1.29, 1.82) is 0 Å². The van der Waals surface area contributed by atoms with E-state index in [4.69, 9.17) is 37.4 Å². The molecule has 0 atom stereocenters. The number of halogens is 2. The molecule has 0 radical (unpaired) electrons. The molecule has 8 heteroatoms. The van der Waals surface area contributed by atoms with E-state index < -0.39 is 6.03 Å². The number of rotatable bonds is 6. The molecular weight excluding hydrogens is 367 g/mol.